The number of nitrogens with one attached hydrogen (secondary N) is 1. The summed E-state index contributed by atoms with van der Waals surface area (Å²) >= 11 is 0. The van der Waals surface area contributed by atoms with Crippen LogP contribution >= 0.6 is 0 Å². The summed E-state index contributed by atoms with van der Waals surface area (Å²) in [6.07, 6.45) is 7.77. The Kier molecular flexibility index (Phi) is 5.53. The van der Waals surface area contributed by atoms with Gasteiger partial charge in [-0.2, -0.15) is 10.2 Å². The molecule has 1 amide bonds. The molecule has 146 valence electrons. The van der Waals surface area contributed by atoms with Crippen LogP contribution in [-0.4, -0.2) is 50.5 Å². The Morgan fingerprint density at radius 2 is 2.18 bits per heavy atom. The second-order valence-corrected chi connectivity index (χ2v) is 7.33. The molecule has 0 bridgehead atoms. The van der Waals surface area contributed by atoms with Crippen molar-refractivity contribution < 1.29 is 4.79 Å². The summed E-state index contributed by atoms with van der Waals surface area (Å²) in [7, 11) is 1.84. The van der Waals surface area contributed by atoms with Gasteiger partial charge in [0.05, 0.1) is 5.69 Å². The average Bonchev–Trinajstić information content (AvgIpc) is 3.41. The number of benzene rings is 1. The van der Waals surface area contributed by atoms with Crippen molar-refractivity contribution in [3.8, 4) is 5.69 Å². The maximum atomic E-state index is 12.8. The van der Waals surface area contributed by atoms with Gasteiger partial charge in [0.2, 0.25) is 5.91 Å². The van der Waals surface area contributed by atoms with Gasteiger partial charge in [0.1, 0.15) is 6.54 Å². The van der Waals surface area contributed by atoms with Gasteiger partial charge in [-0.3, -0.25) is 9.48 Å². The van der Waals surface area contributed by atoms with Gasteiger partial charge in [0, 0.05) is 50.3 Å². The largest absolute Gasteiger partial charge is 0.340 e. The molecule has 0 aliphatic carbocycles. The molecule has 1 saturated heterocycles. The molecular formula is C21H26N6O. The summed E-state index contributed by atoms with van der Waals surface area (Å²) in [5.74, 6) is 0.485. The minimum Gasteiger partial charge on any atom is -0.340 e. The van der Waals surface area contributed by atoms with E-state index in [1.807, 2.05) is 52.9 Å². The first-order valence-corrected chi connectivity index (χ1v) is 9.76. The van der Waals surface area contributed by atoms with E-state index >= 15 is 0 Å². The highest BCUT2D eigenvalue weighted by Crippen LogP contribution is 2.23. The van der Waals surface area contributed by atoms with Crippen molar-refractivity contribution in [2.24, 2.45) is 0 Å². The third-order valence-electron chi connectivity index (χ3n) is 5.27. The lowest BCUT2D eigenvalue weighted by Crippen LogP contribution is -2.33. The first-order chi connectivity index (χ1) is 13.7. The van der Waals surface area contributed by atoms with Crippen LogP contribution in [0.4, 0.5) is 0 Å². The summed E-state index contributed by atoms with van der Waals surface area (Å²) in [6.45, 7) is 2.85. The van der Waals surface area contributed by atoms with Gasteiger partial charge in [-0.15, -0.1) is 0 Å². The highest BCUT2D eigenvalue weighted by molar-refractivity contribution is 5.75. The Labute approximate surface area is 165 Å². The van der Waals surface area contributed by atoms with Gasteiger partial charge in [-0.1, -0.05) is 12.1 Å². The first kappa shape index (κ1) is 18.4. The van der Waals surface area contributed by atoms with E-state index in [4.69, 9.17) is 0 Å². The molecule has 1 aromatic carbocycles. The lowest BCUT2D eigenvalue weighted by Gasteiger charge is -2.24. The second-order valence-electron chi connectivity index (χ2n) is 7.33. The van der Waals surface area contributed by atoms with Crippen molar-refractivity contribution in [2.45, 2.75) is 31.8 Å². The molecule has 2 aromatic heterocycles. The lowest BCUT2D eigenvalue weighted by molar-refractivity contribution is -0.131. The van der Waals surface area contributed by atoms with Crippen LogP contribution in [0, 0.1) is 0 Å². The molecule has 28 heavy (non-hydrogen) atoms. The molecule has 7 heteroatoms. The summed E-state index contributed by atoms with van der Waals surface area (Å²) in [5.41, 5.74) is 3.21. The van der Waals surface area contributed by atoms with E-state index in [2.05, 4.69) is 21.6 Å². The Morgan fingerprint density at radius 3 is 2.96 bits per heavy atom. The molecular weight excluding hydrogens is 352 g/mol. The molecule has 0 radical (unpaired) electrons. The zero-order valence-corrected chi connectivity index (χ0v) is 16.2. The van der Waals surface area contributed by atoms with Gasteiger partial charge < -0.3 is 10.2 Å². The van der Waals surface area contributed by atoms with Gasteiger partial charge >= 0.3 is 0 Å². The zero-order valence-electron chi connectivity index (χ0n) is 16.2. The quantitative estimate of drug-likeness (QED) is 0.714. The van der Waals surface area contributed by atoms with E-state index in [0.717, 1.165) is 42.9 Å². The summed E-state index contributed by atoms with van der Waals surface area (Å²) in [5, 5.41) is 12.1. The maximum absolute atomic E-state index is 12.8. The molecule has 0 saturated carbocycles. The number of likely N-dealkylation sites (N-methyl/N-ethyl adjacent to an activating group) is 1. The molecule has 0 spiro atoms. The van der Waals surface area contributed by atoms with E-state index in [1.54, 1.807) is 17.3 Å². The van der Waals surface area contributed by atoms with Crippen LogP contribution < -0.4 is 5.32 Å². The number of amides is 1. The van der Waals surface area contributed by atoms with Crippen LogP contribution in [0.25, 0.3) is 5.69 Å². The van der Waals surface area contributed by atoms with Crippen LogP contribution in [0.3, 0.4) is 0 Å². The predicted octanol–water partition coefficient (Wildman–Crippen LogP) is 2.19. The minimum atomic E-state index is 0.0539. The van der Waals surface area contributed by atoms with E-state index in [1.165, 1.54) is 0 Å². The highest BCUT2D eigenvalue weighted by Gasteiger charge is 2.21. The van der Waals surface area contributed by atoms with Crippen molar-refractivity contribution >= 4 is 5.91 Å². The normalized spacial score (nSPS) is 16.8. The van der Waals surface area contributed by atoms with Crippen LogP contribution in [0.5, 0.6) is 0 Å². The Morgan fingerprint density at radius 1 is 1.25 bits per heavy atom. The number of hydrogen-bond donors (Lipinski definition) is 1. The summed E-state index contributed by atoms with van der Waals surface area (Å²) in [4.78, 5) is 14.6. The van der Waals surface area contributed by atoms with Crippen LogP contribution in [0.2, 0.25) is 0 Å². The molecule has 3 heterocycles. The fraction of sp³-hybridized carbons (Fsp3) is 0.381. The molecule has 7 nitrogen and oxygen atoms in total. The Hall–Kier alpha value is -2.93. The van der Waals surface area contributed by atoms with Gasteiger partial charge in [-0.25, -0.2) is 4.68 Å². The van der Waals surface area contributed by atoms with Crippen molar-refractivity contribution in [3.63, 3.8) is 0 Å². The number of aromatic nitrogens is 4. The number of hydrogen-bond acceptors (Lipinski definition) is 4. The molecule has 1 aliphatic heterocycles. The third-order valence-corrected chi connectivity index (χ3v) is 5.27. The topological polar surface area (TPSA) is 68.0 Å². The molecule has 1 atom stereocenters. The lowest BCUT2D eigenvalue weighted by atomic mass is 9.96. The summed E-state index contributed by atoms with van der Waals surface area (Å²) in [6, 6.07) is 12.0. The molecule has 3 aromatic rings. The molecule has 1 aliphatic rings. The van der Waals surface area contributed by atoms with Crippen molar-refractivity contribution in [1.82, 2.24) is 29.8 Å². The monoisotopic (exact) mass is 378 g/mol. The average molecular weight is 378 g/mol. The highest BCUT2D eigenvalue weighted by atomic mass is 16.2. The fourth-order valence-corrected chi connectivity index (χ4v) is 3.76. The van der Waals surface area contributed by atoms with Gasteiger partial charge in [0.25, 0.3) is 0 Å². The van der Waals surface area contributed by atoms with E-state index in [0.29, 0.717) is 12.5 Å². The number of carbonyl (C=O) groups excluding carboxylic acids is 1. The first-order valence-electron chi connectivity index (χ1n) is 9.76. The number of carbonyl (C=O) groups is 1. The zero-order chi connectivity index (χ0) is 19.3. The van der Waals surface area contributed by atoms with Crippen molar-refractivity contribution in [2.75, 3.05) is 20.1 Å². The van der Waals surface area contributed by atoms with Crippen LogP contribution in [0.15, 0.2) is 55.0 Å². The number of piperidine rings is 1. The maximum Gasteiger partial charge on any atom is 0.244 e. The minimum absolute atomic E-state index is 0.0539. The predicted molar refractivity (Wildman–Crippen MR) is 107 cm³/mol. The molecule has 4 rings (SSSR count). The standard InChI is InChI=1S/C21H26N6O/c1-25(15-17-5-2-7-19(13-17)26-12-4-10-23-26)21(28)16-27-20(8-11-24-27)18-6-3-9-22-14-18/h2,4-5,7-8,10-13,18,22H,3,6,9,14-16H2,1H3/t18-/m0/s1. The SMILES string of the molecule is CN(Cc1cccc(-n2cccn2)c1)C(=O)Cn1nccc1[C@H]1CCCNC1. The third kappa shape index (κ3) is 4.14. The Bertz CT molecular complexity index is 911. The fourth-order valence-electron chi connectivity index (χ4n) is 3.76. The van der Waals surface area contributed by atoms with E-state index in [9.17, 15) is 4.79 Å². The molecule has 1 fully saturated rings. The smallest absolute Gasteiger partial charge is 0.244 e. The van der Waals surface area contributed by atoms with Crippen LogP contribution in [-0.2, 0) is 17.9 Å². The van der Waals surface area contributed by atoms with Gasteiger partial charge in [-0.05, 0) is 49.2 Å². The number of nitrogens with zero attached hydrogens (tertiary/aromatic N) is 5. The molecule has 1 N–H and O–H groups in total. The van der Waals surface area contributed by atoms with E-state index < -0.39 is 0 Å². The van der Waals surface area contributed by atoms with Gasteiger partial charge in [0.15, 0.2) is 0 Å². The van der Waals surface area contributed by atoms with E-state index in [-0.39, 0.29) is 12.5 Å². The Balaban J connectivity index is 1.41. The van der Waals surface area contributed by atoms with Crippen molar-refractivity contribution in [3.05, 3.63) is 66.2 Å². The summed E-state index contributed by atoms with van der Waals surface area (Å²) < 4.78 is 3.68. The second kappa shape index (κ2) is 8.39. The van der Waals surface area contributed by atoms with Crippen LogP contribution in [0.1, 0.15) is 30.0 Å². The van der Waals surface area contributed by atoms with Crippen molar-refractivity contribution in [1.29, 1.82) is 0 Å². The molecule has 0 unspecified atom stereocenters. The number of rotatable bonds is 6.